The van der Waals surface area contributed by atoms with Crippen LogP contribution in [0.3, 0.4) is 0 Å². The molecule has 0 aromatic heterocycles. The summed E-state index contributed by atoms with van der Waals surface area (Å²) in [5.74, 6) is 0.976. The molecule has 0 spiro atoms. The van der Waals surface area contributed by atoms with Crippen molar-refractivity contribution < 1.29 is 10.2 Å². The van der Waals surface area contributed by atoms with Gasteiger partial charge in [0.05, 0.1) is 0 Å². The van der Waals surface area contributed by atoms with E-state index in [0.29, 0.717) is 11.5 Å². The first-order valence-electron chi connectivity index (χ1n) is 11.6. The number of rotatable bonds is 12. The maximum atomic E-state index is 10.2. The summed E-state index contributed by atoms with van der Waals surface area (Å²) in [7, 11) is 0. The van der Waals surface area contributed by atoms with Gasteiger partial charge in [-0.2, -0.15) is 0 Å². The molecule has 2 nitrogen and oxygen atoms in total. The van der Waals surface area contributed by atoms with Gasteiger partial charge in [0.25, 0.3) is 0 Å². The SMILES string of the molecule is CCCc1cc(CCCCCCCc2cc(C)c(O)c(CCC)c2)cc(C)c1O. The first-order valence-corrected chi connectivity index (χ1v) is 11.6. The Kier molecular flexibility index (Phi) is 9.57. The van der Waals surface area contributed by atoms with Crippen LogP contribution >= 0.6 is 0 Å². The van der Waals surface area contributed by atoms with Crippen molar-refractivity contribution in [1.29, 1.82) is 0 Å². The molecule has 0 saturated heterocycles. The molecule has 0 aliphatic rings. The molecular formula is C27H40O2. The van der Waals surface area contributed by atoms with Crippen molar-refractivity contribution in [2.75, 3.05) is 0 Å². The fraction of sp³-hybridized carbons (Fsp3) is 0.556. The largest absolute Gasteiger partial charge is 0.507 e. The quantitative estimate of drug-likeness (QED) is 0.368. The fourth-order valence-corrected chi connectivity index (χ4v) is 4.26. The van der Waals surface area contributed by atoms with E-state index in [1.165, 1.54) is 43.2 Å². The summed E-state index contributed by atoms with van der Waals surface area (Å²) in [6.45, 7) is 8.33. The number of benzene rings is 2. The normalized spacial score (nSPS) is 11.2. The maximum absolute atomic E-state index is 10.2. The van der Waals surface area contributed by atoms with E-state index in [2.05, 4.69) is 38.1 Å². The van der Waals surface area contributed by atoms with E-state index in [9.17, 15) is 10.2 Å². The molecule has 29 heavy (non-hydrogen) atoms. The second-order valence-corrected chi connectivity index (χ2v) is 8.61. The molecule has 0 aliphatic heterocycles. The van der Waals surface area contributed by atoms with E-state index in [-0.39, 0.29) is 0 Å². The number of phenols is 2. The third-order valence-electron chi connectivity index (χ3n) is 5.85. The summed E-state index contributed by atoms with van der Waals surface area (Å²) in [6.07, 6.45) is 12.5. The van der Waals surface area contributed by atoms with Crippen LogP contribution in [0, 0.1) is 13.8 Å². The van der Waals surface area contributed by atoms with Crippen LogP contribution in [0.1, 0.15) is 92.2 Å². The second-order valence-electron chi connectivity index (χ2n) is 8.61. The molecule has 0 heterocycles. The molecule has 0 aliphatic carbocycles. The number of aryl methyl sites for hydroxylation is 6. The molecule has 0 bridgehead atoms. The summed E-state index contributed by atoms with van der Waals surface area (Å²) in [6, 6.07) is 8.70. The lowest BCUT2D eigenvalue weighted by Gasteiger charge is -2.11. The molecule has 2 rings (SSSR count). The minimum atomic E-state index is 0.488. The van der Waals surface area contributed by atoms with E-state index in [0.717, 1.165) is 60.8 Å². The monoisotopic (exact) mass is 396 g/mol. The van der Waals surface area contributed by atoms with Gasteiger partial charge in [-0.3, -0.25) is 0 Å². The highest BCUT2D eigenvalue weighted by Crippen LogP contribution is 2.27. The minimum absolute atomic E-state index is 0.488. The lowest BCUT2D eigenvalue weighted by Crippen LogP contribution is -1.94. The van der Waals surface area contributed by atoms with E-state index in [4.69, 9.17) is 0 Å². The van der Waals surface area contributed by atoms with Crippen LogP contribution in [0.5, 0.6) is 11.5 Å². The maximum Gasteiger partial charge on any atom is 0.121 e. The van der Waals surface area contributed by atoms with Gasteiger partial charge >= 0.3 is 0 Å². The number of hydrogen-bond acceptors (Lipinski definition) is 2. The zero-order chi connectivity index (χ0) is 21.2. The summed E-state index contributed by atoms with van der Waals surface area (Å²) >= 11 is 0. The summed E-state index contributed by atoms with van der Waals surface area (Å²) in [5.41, 5.74) is 6.97. The zero-order valence-electron chi connectivity index (χ0n) is 19.0. The van der Waals surface area contributed by atoms with Gasteiger partial charge in [0, 0.05) is 0 Å². The predicted molar refractivity (Wildman–Crippen MR) is 124 cm³/mol. The molecule has 2 aromatic rings. The van der Waals surface area contributed by atoms with Gasteiger partial charge in [-0.1, -0.05) is 70.2 Å². The van der Waals surface area contributed by atoms with Gasteiger partial charge in [0.1, 0.15) is 11.5 Å². The van der Waals surface area contributed by atoms with Crippen LogP contribution in [0.25, 0.3) is 0 Å². The molecule has 0 radical (unpaired) electrons. The van der Waals surface area contributed by atoms with Crippen LogP contribution in [0.15, 0.2) is 24.3 Å². The van der Waals surface area contributed by atoms with Crippen LogP contribution in [-0.4, -0.2) is 10.2 Å². The second kappa shape index (κ2) is 11.9. The Morgan fingerprint density at radius 3 is 1.31 bits per heavy atom. The van der Waals surface area contributed by atoms with E-state index < -0.39 is 0 Å². The molecule has 0 amide bonds. The van der Waals surface area contributed by atoms with Gasteiger partial charge in [-0.15, -0.1) is 0 Å². The minimum Gasteiger partial charge on any atom is -0.507 e. The third-order valence-corrected chi connectivity index (χ3v) is 5.85. The molecule has 160 valence electrons. The van der Waals surface area contributed by atoms with Crippen molar-refractivity contribution in [3.63, 3.8) is 0 Å². The van der Waals surface area contributed by atoms with Crippen molar-refractivity contribution in [2.45, 2.75) is 98.3 Å². The number of unbranched alkanes of at least 4 members (excludes halogenated alkanes) is 4. The molecule has 0 atom stereocenters. The van der Waals surface area contributed by atoms with Gasteiger partial charge in [0.2, 0.25) is 0 Å². The Bertz CT molecular complexity index is 711. The Balaban J connectivity index is 1.72. The van der Waals surface area contributed by atoms with Crippen LogP contribution in [0.4, 0.5) is 0 Å². The highest BCUT2D eigenvalue weighted by atomic mass is 16.3. The average molecular weight is 397 g/mol. The highest BCUT2D eigenvalue weighted by molar-refractivity contribution is 5.44. The van der Waals surface area contributed by atoms with Gasteiger partial charge < -0.3 is 10.2 Å². The first-order chi connectivity index (χ1) is 14.0. The molecule has 0 fully saturated rings. The van der Waals surface area contributed by atoms with E-state index in [1.54, 1.807) is 0 Å². The van der Waals surface area contributed by atoms with Crippen LogP contribution in [0.2, 0.25) is 0 Å². The number of hydrogen-bond donors (Lipinski definition) is 2. The van der Waals surface area contributed by atoms with Crippen molar-refractivity contribution in [1.82, 2.24) is 0 Å². The van der Waals surface area contributed by atoms with E-state index >= 15 is 0 Å². The fourth-order valence-electron chi connectivity index (χ4n) is 4.26. The standard InChI is InChI=1S/C27H40O2/c1-5-12-24-18-22(16-20(3)26(24)28)14-10-8-7-9-11-15-23-17-21(4)27(29)25(19-23)13-6-2/h16-19,28-29H,5-15H2,1-4H3. The predicted octanol–water partition coefficient (Wildman–Crippen LogP) is 7.36. The molecular weight excluding hydrogens is 356 g/mol. The average Bonchev–Trinajstić information content (AvgIpc) is 2.69. The zero-order valence-corrected chi connectivity index (χ0v) is 19.0. The van der Waals surface area contributed by atoms with Crippen molar-refractivity contribution in [3.05, 3.63) is 57.6 Å². The van der Waals surface area contributed by atoms with Crippen LogP contribution < -0.4 is 0 Å². The van der Waals surface area contributed by atoms with Gasteiger partial charge in [0.15, 0.2) is 0 Å². The summed E-state index contributed by atoms with van der Waals surface area (Å²) < 4.78 is 0. The Hall–Kier alpha value is -1.96. The highest BCUT2D eigenvalue weighted by Gasteiger charge is 2.08. The molecule has 2 N–H and O–H groups in total. The lowest BCUT2D eigenvalue weighted by molar-refractivity contribution is 0.462. The lowest BCUT2D eigenvalue weighted by atomic mass is 9.96. The summed E-state index contributed by atoms with van der Waals surface area (Å²) in [4.78, 5) is 0. The third kappa shape index (κ3) is 7.10. The smallest absolute Gasteiger partial charge is 0.121 e. The molecule has 0 unspecified atom stereocenters. The van der Waals surface area contributed by atoms with Gasteiger partial charge in [-0.25, -0.2) is 0 Å². The molecule has 0 saturated carbocycles. The Morgan fingerprint density at radius 1 is 0.552 bits per heavy atom. The van der Waals surface area contributed by atoms with Crippen molar-refractivity contribution >= 4 is 0 Å². The Labute approximate surface area is 178 Å². The van der Waals surface area contributed by atoms with E-state index in [1.807, 2.05) is 13.8 Å². The van der Waals surface area contributed by atoms with Crippen molar-refractivity contribution in [3.8, 4) is 11.5 Å². The van der Waals surface area contributed by atoms with Gasteiger partial charge in [-0.05, 0) is 85.8 Å². The first kappa shape index (κ1) is 23.3. The van der Waals surface area contributed by atoms with Crippen LogP contribution in [-0.2, 0) is 25.7 Å². The molecule has 2 heteroatoms. The van der Waals surface area contributed by atoms with Crippen molar-refractivity contribution in [2.24, 2.45) is 0 Å². The summed E-state index contributed by atoms with van der Waals surface area (Å²) in [5, 5.41) is 20.4. The Morgan fingerprint density at radius 2 is 0.931 bits per heavy atom. The molecule has 2 aromatic carbocycles. The number of phenolic OH excluding ortho intramolecular Hbond substituents is 2. The number of aromatic hydroxyl groups is 2. The topological polar surface area (TPSA) is 40.5 Å².